The first-order valence-electron chi connectivity index (χ1n) is 11.4. The zero-order valence-corrected chi connectivity index (χ0v) is 20.5. The molecule has 0 fully saturated rings. The average Bonchev–Trinajstić information content (AvgIpc) is 3.21. The lowest BCUT2D eigenvalue weighted by atomic mass is 10.00. The number of fused-ring (bicyclic) bond motifs is 2. The Kier molecular flexibility index (Phi) is 7.00. The number of methoxy groups -OCH3 is 2. The van der Waals surface area contributed by atoms with Crippen molar-refractivity contribution in [1.82, 2.24) is 5.32 Å². The first-order chi connectivity index (χ1) is 17.2. The number of carboxylic acid groups (broad SMARTS) is 1. The number of aryl methyl sites for hydroxylation is 2. The molecule has 1 atom stereocenters. The normalized spacial score (nSPS) is 12.0. The highest BCUT2D eigenvalue weighted by Gasteiger charge is 2.21. The standard InChI is InChI=1S/C27H27NO8/c1-14-13-35-22-12-23-19(10-18(14)22)15(2)17(27(32)36-23)6-8-25(29)28-20(11-26(30)31)16-5-7-21(33-3)24(9-16)34-4/h5,7,9-10,12-13,20H,6,8,11H2,1-4H3,(H,28,29)(H,30,31)/t20-/m0/s1. The van der Waals surface area contributed by atoms with Gasteiger partial charge in [-0.15, -0.1) is 0 Å². The molecule has 9 heteroatoms. The van der Waals surface area contributed by atoms with E-state index in [4.69, 9.17) is 18.3 Å². The van der Waals surface area contributed by atoms with E-state index in [0.29, 0.717) is 33.8 Å². The molecule has 0 saturated heterocycles. The second kappa shape index (κ2) is 10.2. The van der Waals surface area contributed by atoms with Gasteiger partial charge in [-0.05, 0) is 55.2 Å². The number of carboxylic acids is 1. The summed E-state index contributed by atoms with van der Waals surface area (Å²) in [5.41, 5.74) is 3.20. The third kappa shape index (κ3) is 4.91. The summed E-state index contributed by atoms with van der Waals surface area (Å²) in [7, 11) is 2.97. The molecule has 0 radical (unpaired) electrons. The molecular formula is C27H27NO8. The van der Waals surface area contributed by atoms with Gasteiger partial charge < -0.3 is 28.7 Å². The van der Waals surface area contributed by atoms with Gasteiger partial charge in [-0.1, -0.05) is 6.07 Å². The van der Waals surface area contributed by atoms with E-state index >= 15 is 0 Å². The topological polar surface area (TPSA) is 128 Å². The fraction of sp³-hybridized carbons (Fsp3) is 0.296. The van der Waals surface area contributed by atoms with Crippen molar-refractivity contribution < 1.29 is 33.0 Å². The summed E-state index contributed by atoms with van der Waals surface area (Å²) >= 11 is 0. The molecule has 9 nitrogen and oxygen atoms in total. The summed E-state index contributed by atoms with van der Waals surface area (Å²) < 4.78 is 21.5. The van der Waals surface area contributed by atoms with Crippen LogP contribution in [0, 0.1) is 13.8 Å². The largest absolute Gasteiger partial charge is 0.493 e. The highest BCUT2D eigenvalue weighted by molar-refractivity contribution is 5.96. The van der Waals surface area contributed by atoms with Crippen LogP contribution in [0.15, 0.2) is 50.2 Å². The SMILES string of the molecule is COc1ccc([C@H](CC(=O)O)NC(=O)CCc2c(C)c3cc4c(C)coc4cc3oc2=O)cc1OC. The number of hydrogen-bond acceptors (Lipinski definition) is 7. The first kappa shape index (κ1) is 24.8. The maximum Gasteiger partial charge on any atom is 0.339 e. The number of carbonyl (C=O) groups is 2. The Morgan fingerprint density at radius 2 is 1.78 bits per heavy atom. The predicted molar refractivity (Wildman–Crippen MR) is 133 cm³/mol. The van der Waals surface area contributed by atoms with Gasteiger partial charge in [-0.3, -0.25) is 9.59 Å². The van der Waals surface area contributed by atoms with E-state index in [2.05, 4.69) is 5.32 Å². The number of hydrogen-bond donors (Lipinski definition) is 2. The highest BCUT2D eigenvalue weighted by atomic mass is 16.5. The fourth-order valence-electron chi connectivity index (χ4n) is 4.33. The van der Waals surface area contributed by atoms with Crippen molar-refractivity contribution >= 4 is 33.8 Å². The van der Waals surface area contributed by atoms with Gasteiger partial charge in [0, 0.05) is 28.8 Å². The molecule has 4 aromatic rings. The molecule has 0 aliphatic carbocycles. The van der Waals surface area contributed by atoms with Gasteiger partial charge in [0.15, 0.2) is 11.5 Å². The van der Waals surface area contributed by atoms with E-state index in [1.807, 2.05) is 19.9 Å². The quantitative estimate of drug-likeness (QED) is 0.328. The number of amides is 1. The lowest BCUT2D eigenvalue weighted by molar-refractivity contribution is -0.137. The third-order valence-electron chi connectivity index (χ3n) is 6.30. The van der Waals surface area contributed by atoms with Crippen molar-refractivity contribution in [3.05, 3.63) is 69.3 Å². The maximum atomic E-state index is 12.8. The Morgan fingerprint density at radius 1 is 1.03 bits per heavy atom. The Hall–Kier alpha value is -4.27. The summed E-state index contributed by atoms with van der Waals surface area (Å²) in [6.07, 6.45) is 1.45. The van der Waals surface area contributed by atoms with Crippen LogP contribution in [0.25, 0.3) is 21.9 Å². The molecular weight excluding hydrogens is 466 g/mol. The zero-order chi connectivity index (χ0) is 26.0. The Bertz CT molecular complexity index is 1510. The number of carbonyl (C=O) groups excluding carboxylic acids is 1. The predicted octanol–water partition coefficient (Wildman–Crippen LogP) is 4.44. The van der Waals surface area contributed by atoms with E-state index in [1.54, 1.807) is 30.5 Å². The smallest absolute Gasteiger partial charge is 0.339 e. The van der Waals surface area contributed by atoms with Crippen LogP contribution in [0.4, 0.5) is 0 Å². The fourth-order valence-corrected chi connectivity index (χ4v) is 4.33. The van der Waals surface area contributed by atoms with Gasteiger partial charge >= 0.3 is 11.6 Å². The van der Waals surface area contributed by atoms with E-state index in [0.717, 1.165) is 21.9 Å². The van der Waals surface area contributed by atoms with Crippen LogP contribution < -0.4 is 20.4 Å². The van der Waals surface area contributed by atoms with Gasteiger partial charge in [0.1, 0.15) is 11.2 Å². The first-order valence-corrected chi connectivity index (χ1v) is 11.4. The van der Waals surface area contributed by atoms with Crippen molar-refractivity contribution in [2.75, 3.05) is 14.2 Å². The van der Waals surface area contributed by atoms with E-state index in [9.17, 15) is 19.5 Å². The van der Waals surface area contributed by atoms with Crippen LogP contribution in [-0.4, -0.2) is 31.2 Å². The molecule has 0 spiro atoms. The van der Waals surface area contributed by atoms with Crippen LogP contribution in [0.3, 0.4) is 0 Å². The molecule has 0 unspecified atom stereocenters. The lowest BCUT2D eigenvalue weighted by Crippen LogP contribution is -2.30. The van der Waals surface area contributed by atoms with Crippen LogP contribution in [0.1, 0.15) is 41.1 Å². The number of furan rings is 1. The molecule has 0 aliphatic rings. The third-order valence-corrected chi connectivity index (χ3v) is 6.30. The van der Waals surface area contributed by atoms with Gasteiger partial charge in [-0.2, -0.15) is 0 Å². The van der Waals surface area contributed by atoms with E-state index in [1.165, 1.54) is 14.2 Å². The van der Waals surface area contributed by atoms with Crippen molar-refractivity contribution in [1.29, 1.82) is 0 Å². The van der Waals surface area contributed by atoms with Crippen LogP contribution in [0.5, 0.6) is 11.5 Å². The molecule has 36 heavy (non-hydrogen) atoms. The number of nitrogens with one attached hydrogen (secondary N) is 1. The average molecular weight is 494 g/mol. The molecule has 4 rings (SSSR count). The number of benzene rings is 2. The molecule has 2 heterocycles. The number of ether oxygens (including phenoxy) is 2. The summed E-state index contributed by atoms with van der Waals surface area (Å²) in [5.74, 6) is -0.549. The molecule has 0 saturated carbocycles. The molecule has 2 N–H and O–H groups in total. The second-order valence-electron chi connectivity index (χ2n) is 8.59. The van der Waals surface area contributed by atoms with Crippen LogP contribution in [-0.2, 0) is 16.0 Å². The minimum Gasteiger partial charge on any atom is -0.493 e. The minimum absolute atomic E-state index is 0.0203. The highest BCUT2D eigenvalue weighted by Crippen LogP contribution is 2.31. The van der Waals surface area contributed by atoms with Gasteiger partial charge in [0.05, 0.1) is 32.9 Å². The lowest BCUT2D eigenvalue weighted by Gasteiger charge is -2.19. The Labute approximate surface area is 206 Å². The maximum absolute atomic E-state index is 12.8. The van der Waals surface area contributed by atoms with Crippen molar-refractivity contribution in [2.24, 2.45) is 0 Å². The zero-order valence-electron chi connectivity index (χ0n) is 20.5. The Morgan fingerprint density at radius 3 is 2.47 bits per heavy atom. The second-order valence-corrected chi connectivity index (χ2v) is 8.59. The van der Waals surface area contributed by atoms with Crippen LogP contribution >= 0.6 is 0 Å². The van der Waals surface area contributed by atoms with Gasteiger partial charge in [0.2, 0.25) is 5.91 Å². The van der Waals surface area contributed by atoms with Crippen molar-refractivity contribution in [2.45, 2.75) is 39.2 Å². The number of aliphatic carboxylic acids is 1. The van der Waals surface area contributed by atoms with Gasteiger partial charge in [-0.25, -0.2) is 4.79 Å². The molecule has 0 aliphatic heterocycles. The molecule has 188 valence electrons. The van der Waals surface area contributed by atoms with Crippen LogP contribution in [0.2, 0.25) is 0 Å². The Balaban J connectivity index is 1.55. The number of rotatable bonds is 9. The molecule has 2 aromatic carbocycles. The molecule has 0 bridgehead atoms. The molecule has 2 aromatic heterocycles. The molecule has 1 amide bonds. The minimum atomic E-state index is -1.07. The summed E-state index contributed by atoms with van der Waals surface area (Å²) in [6, 6.07) is 7.79. The van der Waals surface area contributed by atoms with Crippen molar-refractivity contribution in [3.63, 3.8) is 0 Å². The van der Waals surface area contributed by atoms with E-state index in [-0.39, 0.29) is 19.3 Å². The summed E-state index contributed by atoms with van der Waals surface area (Å²) in [4.78, 5) is 37.0. The summed E-state index contributed by atoms with van der Waals surface area (Å²) in [6.45, 7) is 3.76. The van der Waals surface area contributed by atoms with Crippen molar-refractivity contribution in [3.8, 4) is 11.5 Å². The van der Waals surface area contributed by atoms with Gasteiger partial charge in [0.25, 0.3) is 0 Å². The van der Waals surface area contributed by atoms with E-state index < -0.39 is 23.5 Å². The summed E-state index contributed by atoms with van der Waals surface area (Å²) in [5, 5.41) is 13.8. The monoisotopic (exact) mass is 493 g/mol.